The summed E-state index contributed by atoms with van der Waals surface area (Å²) in [6.45, 7) is 1.75. The molecule has 1 N–H and O–H groups in total. The van der Waals surface area contributed by atoms with E-state index in [0.29, 0.717) is 44.9 Å². The summed E-state index contributed by atoms with van der Waals surface area (Å²) in [4.78, 5) is 22.1. The molecule has 1 aliphatic rings. The zero-order valence-electron chi connectivity index (χ0n) is 15.0. The highest BCUT2D eigenvalue weighted by atomic mass is 16.6. The third-order valence-electron chi connectivity index (χ3n) is 4.35. The molecule has 0 radical (unpaired) electrons. The first kappa shape index (κ1) is 18.8. The van der Waals surface area contributed by atoms with Crippen LogP contribution >= 0.6 is 0 Å². The second-order valence-electron chi connectivity index (χ2n) is 6.19. The van der Waals surface area contributed by atoms with Crippen molar-refractivity contribution in [1.82, 2.24) is 9.88 Å². The molecule has 142 valence electrons. The predicted octanol–water partition coefficient (Wildman–Crippen LogP) is 3.01. The zero-order chi connectivity index (χ0) is 18.9. The van der Waals surface area contributed by atoms with Crippen molar-refractivity contribution in [2.75, 3.05) is 26.3 Å². The van der Waals surface area contributed by atoms with Gasteiger partial charge in [-0.3, -0.25) is 4.98 Å². The smallest absolute Gasteiger partial charge is 0.407 e. The minimum Gasteiger partial charge on any atom is -0.465 e. The minimum absolute atomic E-state index is 0.0672. The van der Waals surface area contributed by atoms with Gasteiger partial charge in [-0.1, -0.05) is 41.6 Å². The van der Waals surface area contributed by atoms with E-state index < -0.39 is 6.09 Å². The highest BCUT2D eigenvalue weighted by Crippen LogP contribution is 2.14. The number of hydrogen-bond acceptors (Lipinski definition) is 5. The number of pyridine rings is 1. The molecule has 1 amide bonds. The molecule has 2 aromatic rings. The van der Waals surface area contributed by atoms with E-state index in [2.05, 4.69) is 10.1 Å². The number of carboxylic acid groups (broad SMARTS) is 1. The van der Waals surface area contributed by atoms with Crippen LogP contribution in [-0.4, -0.2) is 59.2 Å². The van der Waals surface area contributed by atoms with Gasteiger partial charge in [-0.2, -0.15) is 0 Å². The van der Waals surface area contributed by atoms with Crippen LogP contribution in [0.5, 0.6) is 0 Å². The minimum atomic E-state index is -0.867. The molecule has 0 aliphatic carbocycles. The van der Waals surface area contributed by atoms with Crippen molar-refractivity contribution in [2.45, 2.75) is 18.9 Å². The van der Waals surface area contributed by atoms with Gasteiger partial charge >= 0.3 is 6.09 Å². The Balaban J connectivity index is 1.50. The first-order valence-electron chi connectivity index (χ1n) is 9.00. The molecule has 3 rings (SSSR count). The number of ether oxygens (including phenoxy) is 1. The number of benzene rings is 1. The quantitative estimate of drug-likeness (QED) is 0.461. The van der Waals surface area contributed by atoms with E-state index in [1.807, 2.05) is 48.5 Å². The Bertz CT molecular complexity index is 703. The summed E-state index contributed by atoms with van der Waals surface area (Å²) in [6, 6.07) is 15.4. The van der Waals surface area contributed by atoms with Gasteiger partial charge in [0.25, 0.3) is 0 Å². The second kappa shape index (κ2) is 9.68. The highest BCUT2D eigenvalue weighted by molar-refractivity contribution is 6.11. The molecule has 0 unspecified atom stereocenters. The van der Waals surface area contributed by atoms with Crippen molar-refractivity contribution in [3.05, 3.63) is 66.0 Å². The Morgan fingerprint density at radius 1 is 1.11 bits per heavy atom. The van der Waals surface area contributed by atoms with Crippen LogP contribution in [0, 0.1) is 0 Å². The summed E-state index contributed by atoms with van der Waals surface area (Å²) in [6.07, 6.45) is 2.34. The van der Waals surface area contributed by atoms with Crippen LogP contribution in [0.1, 0.15) is 24.1 Å². The van der Waals surface area contributed by atoms with Gasteiger partial charge in [0.05, 0.1) is 18.4 Å². The van der Waals surface area contributed by atoms with Crippen LogP contribution in [0.25, 0.3) is 0 Å². The van der Waals surface area contributed by atoms with E-state index in [1.165, 1.54) is 4.90 Å². The fraction of sp³-hybridized carbons (Fsp3) is 0.350. The molecule has 27 heavy (non-hydrogen) atoms. The number of rotatable bonds is 7. The molecule has 2 heterocycles. The summed E-state index contributed by atoms with van der Waals surface area (Å²) in [5, 5.41) is 13.2. The van der Waals surface area contributed by atoms with Gasteiger partial charge in [-0.05, 0) is 25.0 Å². The molecule has 1 saturated heterocycles. The lowest BCUT2D eigenvalue weighted by Crippen LogP contribution is -2.40. The van der Waals surface area contributed by atoms with Crippen LogP contribution < -0.4 is 0 Å². The lowest BCUT2D eigenvalue weighted by atomic mass is 10.1. The van der Waals surface area contributed by atoms with E-state index in [1.54, 1.807) is 6.20 Å². The maximum atomic E-state index is 10.9. The highest BCUT2D eigenvalue weighted by Gasteiger charge is 2.22. The van der Waals surface area contributed by atoms with E-state index in [9.17, 15) is 4.79 Å². The molecule has 7 nitrogen and oxygen atoms in total. The van der Waals surface area contributed by atoms with Crippen LogP contribution in [0.4, 0.5) is 4.79 Å². The molecule has 1 fully saturated rings. The van der Waals surface area contributed by atoms with Crippen molar-refractivity contribution in [3.8, 4) is 0 Å². The molecule has 1 aromatic heterocycles. The number of carbonyl (C=O) groups is 1. The van der Waals surface area contributed by atoms with Crippen molar-refractivity contribution < 1.29 is 19.5 Å². The number of amides is 1. The molecule has 0 saturated carbocycles. The van der Waals surface area contributed by atoms with Crippen molar-refractivity contribution in [1.29, 1.82) is 0 Å². The fourth-order valence-electron chi connectivity index (χ4n) is 2.92. The standard InChI is InChI=1S/C20H23N3O4/c24-20(25)23-12-9-17(10-13-23)26-14-15-27-22-19(16-6-2-1-3-7-16)18-8-4-5-11-21-18/h1-8,11,17H,9-10,12-15H2,(H,24,25)/b22-19-. The zero-order valence-corrected chi connectivity index (χ0v) is 15.0. The number of nitrogens with zero attached hydrogens (tertiary/aromatic N) is 3. The topological polar surface area (TPSA) is 84.2 Å². The Morgan fingerprint density at radius 3 is 2.52 bits per heavy atom. The van der Waals surface area contributed by atoms with Crippen LogP contribution in [-0.2, 0) is 9.57 Å². The Morgan fingerprint density at radius 2 is 1.85 bits per heavy atom. The molecule has 0 bridgehead atoms. The van der Waals surface area contributed by atoms with Gasteiger partial charge in [0.2, 0.25) is 0 Å². The maximum absolute atomic E-state index is 10.9. The van der Waals surface area contributed by atoms with Crippen LogP contribution in [0.15, 0.2) is 59.9 Å². The summed E-state index contributed by atoms with van der Waals surface area (Å²) in [5.41, 5.74) is 2.34. The maximum Gasteiger partial charge on any atom is 0.407 e. The SMILES string of the molecule is O=C(O)N1CCC(OCCO/N=C(/c2ccccc2)c2ccccn2)CC1. The third-order valence-corrected chi connectivity index (χ3v) is 4.35. The largest absolute Gasteiger partial charge is 0.465 e. The number of hydrogen-bond donors (Lipinski definition) is 1. The van der Waals surface area contributed by atoms with Gasteiger partial charge in [0.15, 0.2) is 0 Å². The fourth-order valence-corrected chi connectivity index (χ4v) is 2.92. The number of piperidine rings is 1. The van der Waals surface area contributed by atoms with E-state index in [0.717, 1.165) is 11.3 Å². The Hall–Kier alpha value is -2.93. The monoisotopic (exact) mass is 369 g/mol. The molecule has 0 atom stereocenters. The van der Waals surface area contributed by atoms with E-state index in [-0.39, 0.29) is 6.10 Å². The van der Waals surface area contributed by atoms with Crippen LogP contribution in [0.3, 0.4) is 0 Å². The summed E-state index contributed by atoms with van der Waals surface area (Å²) in [5.74, 6) is 0. The number of aromatic nitrogens is 1. The predicted molar refractivity (Wildman–Crippen MR) is 101 cm³/mol. The normalized spacial score (nSPS) is 15.6. The average molecular weight is 369 g/mol. The second-order valence-corrected chi connectivity index (χ2v) is 6.19. The van der Waals surface area contributed by atoms with E-state index >= 15 is 0 Å². The van der Waals surface area contributed by atoms with Gasteiger partial charge in [0.1, 0.15) is 12.3 Å². The summed E-state index contributed by atoms with van der Waals surface area (Å²) >= 11 is 0. The summed E-state index contributed by atoms with van der Waals surface area (Å²) < 4.78 is 5.77. The van der Waals surface area contributed by atoms with Gasteiger partial charge in [0, 0.05) is 24.8 Å². The number of oxime groups is 1. The van der Waals surface area contributed by atoms with E-state index in [4.69, 9.17) is 14.7 Å². The molecular formula is C20H23N3O4. The molecular weight excluding hydrogens is 346 g/mol. The molecule has 1 aromatic carbocycles. The lowest BCUT2D eigenvalue weighted by molar-refractivity contribution is -0.0192. The van der Waals surface area contributed by atoms with Gasteiger partial charge < -0.3 is 19.6 Å². The summed E-state index contributed by atoms with van der Waals surface area (Å²) in [7, 11) is 0. The molecule has 7 heteroatoms. The lowest BCUT2D eigenvalue weighted by Gasteiger charge is -2.29. The Kier molecular flexibility index (Phi) is 6.76. The van der Waals surface area contributed by atoms with Gasteiger partial charge in [-0.15, -0.1) is 0 Å². The molecule has 0 spiro atoms. The van der Waals surface area contributed by atoms with Crippen LogP contribution in [0.2, 0.25) is 0 Å². The first-order valence-corrected chi connectivity index (χ1v) is 9.00. The van der Waals surface area contributed by atoms with Crippen molar-refractivity contribution in [3.63, 3.8) is 0 Å². The average Bonchev–Trinajstić information content (AvgIpc) is 2.72. The van der Waals surface area contributed by atoms with Crippen molar-refractivity contribution in [2.24, 2.45) is 5.16 Å². The third kappa shape index (κ3) is 5.52. The first-order chi connectivity index (χ1) is 13.2. The molecule has 1 aliphatic heterocycles. The number of likely N-dealkylation sites (tertiary alicyclic amines) is 1. The Labute approximate surface area is 158 Å². The van der Waals surface area contributed by atoms with Gasteiger partial charge in [-0.25, -0.2) is 4.79 Å². The van der Waals surface area contributed by atoms with Crippen molar-refractivity contribution >= 4 is 11.8 Å².